The maximum atomic E-state index is 5.83. The first-order chi connectivity index (χ1) is 8.20. The molecule has 1 aliphatic heterocycles. The number of terminal acetylenes is 1. The van der Waals surface area contributed by atoms with E-state index in [1.54, 1.807) is 12.3 Å². The molecular formula is C13H15ClN2O. The number of hydrogen-bond acceptors (Lipinski definition) is 3. The van der Waals surface area contributed by atoms with Crippen molar-refractivity contribution in [3.8, 4) is 18.1 Å². The first-order valence-corrected chi connectivity index (χ1v) is 6.03. The molecule has 1 aromatic rings. The summed E-state index contributed by atoms with van der Waals surface area (Å²) in [5.74, 6) is 3.17. The first-order valence-electron chi connectivity index (χ1n) is 5.66. The molecule has 1 atom stereocenters. The van der Waals surface area contributed by atoms with E-state index >= 15 is 0 Å². The van der Waals surface area contributed by atoms with E-state index in [0.29, 0.717) is 29.1 Å². The van der Waals surface area contributed by atoms with E-state index in [1.807, 2.05) is 0 Å². The van der Waals surface area contributed by atoms with Gasteiger partial charge in [0.15, 0.2) is 0 Å². The van der Waals surface area contributed by atoms with Gasteiger partial charge in [-0.15, -0.1) is 6.42 Å². The minimum atomic E-state index is 0.345. The van der Waals surface area contributed by atoms with Gasteiger partial charge in [-0.2, -0.15) is 0 Å². The predicted octanol–water partition coefficient (Wildman–Crippen LogP) is 2.19. The first kappa shape index (κ1) is 12.2. The molecule has 0 amide bonds. The highest BCUT2D eigenvalue weighted by molar-refractivity contribution is 6.30. The average Bonchev–Trinajstić information content (AvgIpc) is 2.74. The molecule has 4 heteroatoms. The molecule has 1 aliphatic rings. The molecule has 0 aliphatic carbocycles. The maximum absolute atomic E-state index is 5.83. The lowest BCUT2D eigenvalue weighted by atomic mass is 10.2. The second kappa shape index (κ2) is 5.39. The molecule has 0 saturated carbocycles. The Kier molecular flexibility index (Phi) is 3.88. The van der Waals surface area contributed by atoms with Crippen LogP contribution >= 0.6 is 11.6 Å². The monoisotopic (exact) mass is 250 g/mol. The second-order valence-corrected chi connectivity index (χ2v) is 4.60. The third-order valence-electron chi connectivity index (χ3n) is 3.08. The number of likely N-dealkylation sites (N-methyl/N-ethyl adjacent to an activating group) is 1. The Balaban J connectivity index is 1.97. The van der Waals surface area contributed by atoms with Gasteiger partial charge >= 0.3 is 0 Å². The van der Waals surface area contributed by atoms with Gasteiger partial charge in [0.1, 0.15) is 17.5 Å². The standard InChI is InChI=1S/C13H15ClN2O/c1-3-10-7-12(8-15-13(10)14)17-9-11-5-4-6-16(11)2/h1,7-8,11H,4-6,9H2,2H3/t11-/m0/s1. The molecule has 0 bridgehead atoms. The Labute approximate surface area is 107 Å². The lowest BCUT2D eigenvalue weighted by Gasteiger charge is -2.19. The minimum absolute atomic E-state index is 0.345. The smallest absolute Gasteiger partial charge is 0.144 e. The fourth-order valence-corrected chi connectivity index (χ4v) is 2.15. The van der Waals surface area contributed by atoms with E-state index in [0.717, 1.165) is 6.54 Å². The summed E-state index contributed by atoms with van der Waals surface area (Å²) in [6.07, 6.45) is 9.35. The quantitative estimate of drug-likeness (QED) is 0.608. The van der Waals surface area contributed by atoms with Crippen LogP contribution in [0.25, 0.3) is 0 Å². The van der Waals surface area contributed by atoms with Crippen molar-refractivity contribution in [2.45, 2.75) is 18.9 Å². The van der Waals surface area contributed by atoms with Crippen LogP contribution in [-0.4, -0.2) is 36.1 Å². The highest BCUT2D eigenvalue weighted by atomic mass is 35.5. The molecule has 1 saturated heterocycles. The maximum Gasteiger partial charge on any atom is 0.144 e. The lowest BCUT2D eigenvalue weighted by Crippen LogP contribution is -2.30. The predicted molar refractivity (Wildman–Crippen MR) is 68.3 cm³/mol. The van der Waals surface area contributed by atoms with E-state index in [4.69, 9.17) is 22.8 Å². The van der Waals surface area contributed by atoms with Crippen molar-refractivity contribution >= 4 is 11.6 Å². The summed E-state index contributed by atoms with van der Waals surface area (Å²) in [4.78, 5) is 6.31. The molecule has 0 N–H and O–H groups in total. The van der Waals surface area contributed by atoms with Crippen LogP contribution in [0.3, 0.4) is 0 Å². The van der Waals surface area contributed by atoms with Gasteiger partial charge in [-0.1, -0.05) is 17.5 Å². The summed E-state index contributed by atoms with van der Waals surface area (Å²) in [7, 11) is 2.12. The van der Waals surface area contributed by atoms with Gasteiger partial charge in [-0.3, -0.25) is 0 Å². The molecule has 0 radical (unpaired) electrons. The number of pyridine rings is 1. The second-order valence-electron chi connectivity index (χ2n) is 4.24. The van der Waals surface area contributed by atoms with Crippen molar-refractivity contribution in [2.24, 2.45) is 0 Å². The van der Waals surface area contributed by atoms with Crippen molar-refractivity contribution < 1.29 is 4.74 Å². The zero-order valence-electron chi connectivity index (χ0n) is 9.82. The fraction of sp³-hybridized carbons (Fsp3) is 0.462. The normalized spacial score (nSPS) is 20.2. The van der Waals surface area contributed by atoms with Crippen LogP contribution in [0.5, 0.6) is 5.75 Å². The SMILES string of the molecule is C#Cc1cc(OC[C@@H]2CCCN2C)cnc1Cl. The molecule has 1 fully saturated rings. The van der Waals surface area contributed by atoms with Crippen molar-refractivity contribution in [3.63, 3.8) is 0 Å². The fourth-order valence-electron chi connectivity index (χ4n) is 1.99. The molecule has 3 nitrogen and oxygen atoms in total. The number of aromatic nitrogens is 1. The number of ether oxygens (including phenoxy) is 1. The van der Waals surface area contributed by atoms with Crippen molar-refractivity contribution in [2.75, 3.05) is 20.2 Å². The Hall–Kier alpha value is -1.24. The Morgan fingerprint density at radius 3 is 3.18 bits per heavy atom. The molecule has 1 aromatic heterocycles. The van der Waals surface area contributed by atoms with Crippen molar-refractivity contribution in [3.05, 3.63) is 23.0 Å². The van der Waals surface area contributed by atoms with Gasteiger partial charge in [0.05, 0.1) is 11.8 Å². The zero-order valence-corrected chi connectivity index (χ0v) is 10.6. The Morgan fingerprint density at radius 1 is 1.71 bits per heavy atom. The third kappa shape index (κ3) is 2.91. The van der Waals surface area contributed by atoms with E-state index in [-0.39, 0.29) is 0 Å². The molecule has 0 spiro atoms. The Morgan fingerprint density at radius 2 is 2.53 bits per heavy atom. The number of nitrogens with zero attached hydrogens (tertiary/aromatic N) is 2. The van der Waals surface area contributed by atoms with Crippen LogP contribution in [-0.2, 0) is 0 Å². The van der Waals surface area contributed by atoms with Crippen LogP contribution in [0, 0.1) is 12.3 Å². The van der Waals surface area contributed by atoms with Gasteiger partial charge in [-0.05, 0) is 26.4 Å². The van der Waals surface area contributed by atoms with Crippen LogP contribution in [0.4, 0.5) is 0 Å². The van der Waals surface area contributed by atoms with Crippen molar-refractivity contribution in [1.29, 1.82) is 0 Å². The summed E-state index contributed by atoms with van der Waals surface area (Å²) in [5.41, 5.74) is 0.573. The number of rotatable bonds is 3. The third-order valence-corrected chi connectivity index (χ3v) is 3.38. The minimum Gasteiger partial charge on any atom is -0.490 e. The highest BCUT2D eigenvalue weighted by Gasteiger charge is 2.21. The molecular weight excluding hydrogens is 236 g/mol. The van der Waals surface area contributed by atoms with Gasteiger partial charge in [0.2, 0.25) is 0 Å². The molecule has 0 aromatic carbocycles. The van der Waals surface area contributed by atoms with Crippen molar-refractivity contribution in [1.82, 2.24) is 9.88 Å². The topological polar surface area (TPSA) is 25.4 Å². The number of likely N-dealkylation sites (tertiary alicyclic amines) is 1. The number of hydrogen-bond donors (Lipinski definition) is 0. The summed E-state index contributed by atoms with van der Waals surface area (Å²) in [6, 6.07) is 2.24. The zero-order chi connectivity index (χ0) is 12.3. The van der Waals surface area contributed by atoms with E-state index in [2.05, 4.69) is 22.9 Å². The largest absolute Gasteiger partial charge is 0.490 e. The average molecular weight is 251 g/mol. The Bertz CT molecular complexity index is 442. The molecule has 2 rings (SSSR count). The van der Waals surface area contributed by atoms with Gasteiger partial charge in [0, 0.05) is 12.1 Å². The lowest BCUT2D eigenvalue weighted by molar-refractivity contribution is 0.198. The van der Waals surface area contributed by atoms with Gasteiger partial charge < -0.3 is 9.64 Å². The molecule has 17 heavy (non-hydrogen) atoms. The molecule has 2 heterocycles. The molecule has 90 valence electrons. The highest BCUT2D eigenvalue weighted by Crippen LogP contribution is 2.20. The number of halogens is 1. The van der Waals surface area contributed by atoms with Crippen LogP contribution in [0.15, 0.2) is 12.3 Å². The van der Waals surface area contributed by atoms with Gasteiger partial charge in [-0.25, -0.2) is 4.98 Å². The van der Waals surface area contributed by atoms with E-state index < -0.39 is 0 Å². The van der Waals surface area contributed by atoms with E-state index in [1.165, 1.54) is 12.8 Å². The molecule has 0 unspecified atom stereocenters. The summed E-state index contributed by atoms with van der Waals surface area (Å²) < 4.78 is 5.70. The van der Waals surface area contributed by atoms with Gasteiger partial charge in [0.25, 0.3) is 0 Å². The van der Waals surface area contributed by atoms with Crippen LogP contribution in [0.1, 0.15) is 18.4 Å². The summed E-state index contributed by atoms with van der Waals surface area (Å²) in [6.45, 7) is 1.81. The summed E-state index contributed by atoms with van der Waals surface area (Å²) in [5, 5.41) is 0.345. The van der Waals surface area contributed by atoms with E-state index in [9.17, 15) is 0 Å². The van der Waals surface area contributed by atoms with Crippen LogP contribution < -0.4 is 4.74 Å². The summed E-state index contributed by atoms with van der Waals surface area (Å²) >= 11 is 5.83. The van der Waals surface area contributed by atoms with Crippen LogP contribution in [0.2, 0.25) is 5.15 Å².